The van der Waals surface area contributed by atoms with E-state index in [1.165, 1.54) is 0 Å². The highest BCUT2D eigenvalue weighted by Gasteiger charge is 2.00. The van der Waals surface area contributed by atoms with Crippen LogP contribution in [-0.2, 0) is 4.79 Å². The molecule has 6 heteroatoms. The third-order valence-corrected chi connectivity index (χ3v) is 2.61. The zero-order valence-corrected chi connectivity index (χ0v) is 10.4. The van der Waals surface area contributed by atoms with Crippen LogP contribution in [0.3, 0.4) is 0 Å². The van der Waals surface area contributed by atoms with Gasteiger partial charge in [0, 0.05) is 19.5 Å². The lowest BCUT2D eigenvalue weighted by molar-refractivity contribution is -0.137. The van der Waals surface area contributed by atoms with Crippen LogP contribution in [0, 0.1) is 0 Å². The Hall–Kier alpha value is -0.910. The Labute approximate surface area is 100 Å². The second-order valence-corrected chi connectivity index (χ2v) is 4.37. The third-order valence-electron chi connectivity index (χ3n) is 1.91. The van der Waals surface area contributed by atoms with Crippen LogP contribution in [-0.4, -0.2) is 42.2 Å². The van der Waals surface area contributed by atoms with E-state index in [1.54, 1.807) is 11.8 Å². The lowest BCUT2D eigenvalue weighted by Crippen LogP contribution is -2.36. The molecule has 0 aromatic rings. The van der Waals surface area contributed by atoms with Crippen LogP contribution < -0.4 is 10.6 Å². The minimum Gasteiger partial charge on any atom is -0.481 e. The summed E-state index contributed by atoms with van der Waals surface area (Å²) in [6.45, 7) is 1.08. The smallest absolute Gasteiger partial charge is 0.314 e. The Morgan fingerprint density at radius 3 is 2.31 bits per heavy atom. The summed E-state index contributed by atoms with van der Waals surface area (Å²) in [6.07, 6.45) is 4.69. The summed E-state index contributed by atoms with van der Waals surface area (Å²) in [5.74, 6) is 0.279. The molecule has 0 aliphatic rings. The van der Waals surface area contributed by atoms with Gasteiger partial charge in [0.2, 0.25) is 0 Å². The van der Waals surface area contributed by atoms with Crippen molar-refractivity contribution in [3.05, 3.63) is 0 Å². The molecule has 0 atom stereocenters. The van der Waals surface area contributed by atoms with Gasteiger partial charge in [-0.1, -0.05) is 0 Å². The monoisotopic (exact) mass is 248 g/mol. The summed E-state index contributed by atoms with van der Waals surface area (Å²) < 4.78 is 0. The molecule has 16 heavy (non-hydrogen) atoms. The van der Waals surface area contributed by atoms with E-state index in [2.05, 4.69) is 16.9 Å². The Morgan fingerprint density at radius 1 is 1.12 bits per heavy atom. The molecule has 2 amide bonds. The van der Waals surface area contributed by atoms with Crippen molar-refractivity contribution in [3.63, 3.8) is 0 Å². The van der Waals surface area contributed by atoms with Crippen LogP contribution in [0.1, 0.15) is 25.7 Å². The minimum atomic E-state index is -0.834. The number of rotatable bonds is 9. The molecular formula is C10H20N2O3S. The summed E-state index contributed by atoms with van der Waals surface area (Å²) in [7, 11) is 0. The van der Waals surface area contributed by atoms with Gasteiger partial charge in [-0.3, -0.25) is 4.79 Å². The van der Waals surface area contributed by atoms with E-state index in [0.29, 0.717) is 19.5 Å². The first-order valence-electron chi connectivity index (χ1n) is 5.39. The molecular weight excluding hydrogens is 228 g/mol. The fraction of sp³-hybridized carbons (Fsp3) is 0.800. The number of thioether (sulfide) groups is 1. The highest BCUT2D eigenvalue weighted by atomic mass is 32.2. The summed E-state index contributed by atoms with van der Waals surface area (Å²) in [5, 5.41) is 13.7. The Balaban J connectivity index is 3.21. The van der Waals surface area contributed by atoms with E-state index in [4.69, 9.17) is 5.11 Å². The molecule has 0 rings (SSSR count). The van der Waals surface area contributed by atoms with Crippen LogP contribution in [0.15, 0.2) is 0 Å². The summed E-state index contributed by atoms with van der Waals surface area (Å²) in [6, 6.07) is -0.213. The van der Waals surface area contributed by atoms with Crippen LogP contribution >= 0.6 is 11.8 Å². The molecule has 5 nitrogen and oxygen atoms in total. The number of unbranched alkanes of at least 4 members (excludes halogenated alkanes) is 1. The average molecular weight is 248 g/mol. The number of carbonyl (C=O) groups excluding carboxylic acids is 1. The number of carboxylic acids is 1. The minimum absolute atomic E-state index is 0.0913. The number of carbonyl (C=O) groups is 2. The molecule has 0 aliphatic heterocycles. The molecule has 94 valence electrons. The Bertz CT molecular complexity index is 212. The highest BCUT2D eigenvalue weighted by Crippen LogP contribution is 1.97. The fourth-order valence-corrected chi connectivity index (χ4v) is 1.57. The van der Waals surface area contributed by atoms with Crippen molar-refractivity contribution in [3.8, 4) is 0 Å². The van der Waals surface area contributed by atoms with E-state index in [0.717, 1.165) is 18.6 Å². The van der Waals surface area contributed by atoms with Crippen molar-refractivity contribution >= 4 is 23.8 Å². The second kappa shape index (κ2) is 10.6. The van der Waals surface area contributed by atoms with Gasteiger partial charge in [0.1, 0.15) is 0 Å². The van der Waals surface area contributed by atoms with Gasteiger partial charge in [-0.05, 0) is 31.3 Å². The second-order valence-electron chi connectivity index (χ2n) is 3.38. The zero-order valence-electron chi connectivity index (χ0n) is 9.62. The first kappa shape index (κ1) is 15.1. The van der Waals surface area contributed by atoms with Gasteiger partial charge >= 0.3 is 12.0 Å². The van der Waals surface area contributed by atoms with E-state index >= 15 is 0 Å². The van der Waals surface area contributed by atoms with Gasteiger partial charge < -0.3 is 15.7 Å². The molecule has 0 saturated heterocycles. The quantitative estimate of drug-likeness (QED) is 0.537. The van der Waals surface area contributed by atoms with Crippen molar-refractivity contribution in [2.24, 2.45) is 0 Å². The van der Waals surface area contributed by atoms with Gasteiger partial charge in [0.25, 0.3) is 0 Å². The number of nitrogens with one attached hydrogen (secondary N) is 2. The predicted molar refractivity (Wildman–Crippen MR) is 65.9 cm³/mol. The van der Waals surface area contributed by atoms with Crippen molar-refractivity contribution in [1.29, 1.82) is 0 Å². The molecule has 0 radical (unpaired) electrons. The van der Waals surface area contributed by atoms with Crippen LogP contribution in [0.4, 0.5) is 4.79 Å². The lowest BCUT2D eigenvalue weighted by atomic mass is 10.3. The van der Waals surface area contributed by atoms with Crippen LogP contribution in [0.25, 0.3) is 0 Å². The molecule has 0 spiro atoms. The van der Waals surface area contributed by atoms with E-state index < -0.39 is 5.97 Å². The Kier molecular flexibility index (Phi) is 10.00. The average Bonchev–Trinajstić information content (AvgIpc) is 2.24. The summed E-state index contributed by atoms with van der Waals surface area (Å²) >= 11 is 1.80. The van der Waals surface area contributed by atoms with E-state index in [-0.39, 0.29) is 12.5 Å². The maximum atomic E-state index is 11.1. The molecule has 0 aromatic carbocycles. The highest BCUT2D eigenvalue weighted by molar-refractivity contribution is 7.98. The topological polar surface area (TPSA) is 78.4 Å². The first-order valence-corrected chi connectivity index (χ1v) is 6.78. The van der Waals surface area contributed by atoms with Crippen LogP contribution in [0.2, 0.25) is 0 Å². The first-order chi connectivity index (χ1) is 7.66. The standard InChI is InChI=1S/C10H20N2O3S/c1-16-8-3-2-6-11-10(15)12-7-4-5-9(13)14/h2-8H2,1H3,(H,13,14)(H2,11,12,15). The molecule has 0 aliphatic carbocycles. The number of aliphatic carboxylic acids is 1. The summed E-state index contributed by atoms with van der Waals surface area (Å²) in [4.78, 5) is 21.3. The largest absolute Gasteiger partial charge is 0.481 e. The van der Waals surface area contributed by atoms with Crippen molar-refractivity contribution in [2.45, 2.75) is 25.7 Å². The van der Waals surface area contributed by atoms with Gasteiger partial charge in [0.05, 0.1) is 0 Å². The molecule has 0 unspecified atom stereocenters. The van der Waals surface area contributed by atoms with Crippen molar-refractivity contribution in [2.75, 3.05) is 25.1 Å². The summed E-state index contributed by atoms with van der Waals surface area (Å²) in [5.41, 5.74) is 0. The number of urea groups is 1. The van der Waals surface area contributed by atoms with Crippen LogP contribution in [0.5, 0.6) is 0 Å². The molecule has 0 heterocycles. The van der Waals surface area contributed by atoms with Gasteiger partial charge in [-0.25, -0.2) is 4.79 Å². The number of hydrogen-bond acceptors (Lipinski definition) is 3. The third kappa shape index (κ3) is 11.2. The predicted octanol–water partition coefficient (Wildman–Crippen LogP) is 1.29. The Morgan fingerprint density at radius 2 is 1.75 bits per heavy atom. The number of carboxylic acid groups (broad SMARTS) is 1. The molecule has 0 saturated carbocycles. The van der Waals surface area contributed by atoms with Crippen molar-refractivity contribution in [1.82, 2.24) is 10.6 Å². The molecule has 0 bridgehead atoms. The van der Waals surface area contributed by atoms with E-state index in [1.807, 2.05) is 0 Å². The molecule has 0 aromatic heterocycles. The number of hydrogen-bond donors (Lipinski definition) is 3. The van der Waals surface area contributed by atoms with Gasteiger partial charge in [-0.2, -0.15) is 11.8 Å². The normalized spacial score (nSPS) is 9.81. The van der Waals surface area contributed by atoms with Crippen molar-refractivity contribution < 1.29 is 14.7 Å². The maximum absolute atomic E-state index is 11.1. The number of amides is 2. The fourth-order valence-electron chi connectivity index (χ4n) is 1.08. The maximum Gasteiger partial charge on any atom is 0.314 e. The van der Waals surface area contributed by atoms with E-state index in [9.17, 15) is 9.59 Å². The lowest BCUT2D eigenvalue weighted by Gasteiger charge is -2.06. The molecule has 0 fully saturated rings. The zero-order chi connectivity index (χ0) is 12.2. The molecule has 3 N–H and O–H groups in total. The van der Waals surface area contributed by atoms with Gasteiger partial charge in [-0.15, -0.1) is 0 Å². The van der Waals surface area contributed by atoms with Gasteiger partial charge in [0.15, 0.2) is 0 Å². The SMILES string of the molecule is CSCCCCNC(=O)NCCCC(=O)O.